The highest BCUT2D eigenvalue weighted by Crippen LogP contribution is 2.56. The Bertz CT molecular complexity index is 551. The first kappa shape index (κ1) is 11.0. The third-order valence-electron chi connectivity index (χ3n) is 3.52. The molecule has 3 atom stereocenters. The Hall–Kier alpha value is -1.16. The van der Waals surface area contributed by atoms with Crippen LogP contribution in [0.2, 0.25) is 0 Å². The Kier molecular flexibility index (Phi) is 2.36. The van der Waals surface area contributed by atoms with Crippen LogP contribution < -0.4 is 4.90 Å². The Morgan fingerprint density at radius 3 is 3.12 bits per heavy atom. The summed E-state index contributed by atoms with van der Waals surface area (Å²) in [7, 11) is 1.76. The predicted octanol–water partition coefficient (Wildman–Crippen LogP) is 1.84. The summed E-state index contributed by atoms with van der Waals surface area (Å²) >= 11 is 2.22. The lowest BCUT2D eigenvalue weighted by atomic mass is 10.1. The first-order chi connectivity index (χ1) is 8.13. The van der Waals surface area contributed by atoms with Crippen LogP contribution in [-0.2, 0) is 4.79 Å². The van der Waals surface area contributed by atoms with E-state index in [2.05, 4.69) is 33.6 Å². The zero-order chi connectivity index (χ0) is 12.2. The standard InChI is InChI=1S/C12H10IN3O/c1-16-11-9(2-6(4-14)5-15-11)7-3-8(7)10(13)12(16)17/h2,5,7-8,10H,3H2,1H3/t7?,8-,10+/m0/s1. The molecule has 0 saturated heterocycles. The summed E-state index contributed by atoms with van der Waals surface area (Å²) in [4.78, 5) is 18.0. The molecular weight excluding hydrogens is 329 g/mol. The second-order valence-corrected chi connectivity index (χ2v) is 5.90. The summed E-state index contributed by atoms with van der Waals surface area (Å²) in [5.41, 5.74) is 1.63. The van der Waals surface area contributed by atoms with E-state index in [1.54, 1.807) is 11.9 Å². The molecule has 0 radical (unpaired) electrons. The number of pyridine rings is 1. The van der Waals surface area contributed by atoms with Gasteiger partial charge in [-0.2, -0.15) is 5.26 Å². The number of halogens is 1. The van der Waals surface area contributed by atoms with E-state index in [0.717, 1.165) is 17.8 Å². The van der Waals surface area contributed by atoms with Gasteiger partial charge in [0.2, 0.25) is 5.91 Å². The molecule has 0 spiro atoms. The number of amides is 1. The zero-order valence-electron chi connectivity index (χ0n) is 9.22. The number of hydrogen-bond acceptors (Lipinski definition) is 3. The lowest BCUT2D eigenvalue weighted by Crippen LogP contribution is -2.34. The Balaban J connectivity index is 2.15. The van der Waals surface area contributed by atoms with Crippen molar-refractivity contribution >= 4 is 34.3 Å². The number of nitrogens with zero attached hydrogens (tertiary/aromatic N) is 3. The van der Waals surface area contributed by atoms with Crippen molar-refractivity contribution < 1.29 is 4.79 Å². The summed E-state index contributed by atoms with van der Waals surface area (Å²) < 4.78 is 0.0299. The minimum atomic E-state index is 0.0299. The highest BCUT2D eigenvalue weighted by Gasteiger charge is 2.50. The van der Waals surface area contributed by atoms with Gasteiger partial charge in [-0.25, -0.2) is 4.98 Å². The summed E-state index contributed by atoms with van der Waals surface area (Å²) in [6.45, 7) is 0. The largest absolute Gasteiger partial charge is 0.299 e. The molecule has 0 N–H and O–H groups in total. The molecule has 1 fully saturated rings. The lowest BCUT2D eigenvalue weighted by molar-refractivity contribution is -0.117. The molecule has 86 valence electrons. The SMILES string of the molecule is CN1C(=O)[C@H](I)[C@H]2CC2c2cc(C#N)cnc21. The van der Waals surface area contributed by atoms with Gasteiger partial charge in [0.1, 0.15) is 11.9 Å². The first-order valence-corrected chi connectivity index (χ1v) is 6.69. The molecule has 1 unspecified atom stereocenters. The van der Waals surface area contributed by atoms with Gasteiger partial charge < -0.3 is 0 Å². The summed E-state index contributed by atoms with van der Waals surface area (Å²) in [5, 5.41) is 8.91. The molecule has 5 heteroatoms. The maximum Gasteiger partial charge on any atom is 0.241 e. The molecule has 0 aromatic carbocycles. The molecular formula is C12H10IN3O. The number of anilines is 1. The van der Waals surface area contributed by atoms with E-state index in [1.165, 1.54) is 6.20 Å². The number of alkyl halides is 1. The van der Waals surface area contributed by atoms with Gasteiger partial charge in [0.05, 0.1) is 9.49 Å². The Labute approximate surface area is 113 Å². The van der Waals surface area contributed by atoms with E-state index in [9.17, 15) is 4.79 Å². The van der Waals surface area contributed by atoms with Gasteiger partial charge in [0.15, 0.2) is 0 Å². The zero-order valence-corrected chi connectivity index (χ0v) is 11.4. The Morgan fingerprint density at radius 1 is 1.65 bits per heavy atom. The van der Waals surface area contributed by atoms with Crippen LogP contribution in [0.1, 0.15) is 23.5 Å². The van der Waals surface area contributed by atoms with Crippen molar-refractivity contribution in [3.63, 3.8) is 0 Å². The van der Waals surface area contributed by atoms with Gasteiger partial charge >= 0.3 is 0 Å². The van der Waals surface area contributed by atoms with Gasteiger partial charge in [-0.15, -0.1) is 0 Å². The average molecular weight is 339 g/mol. The molecule has 4 nitrogen and oxygen atoms in total. The van der Waals surface area contributed by atoms with Crippen molar-refractivity contribution in [1.82, 2.24) is 4.98 Å². The van der Waals surface area contributed by atoms with Gasteiger partial charge in [0, 0.05) is 13.2 Å². The molecule has 3 rings (SSSR count). The fourth-order valence-electron chi connectivity index (χ4n) is 2.46. The van der Waals surface area contributed by atoms with Gasteiger partial charge in [0.25, 0.3) is 0 Å². The second kappa shape index (κ2) is 3.67. The second-order valence-electron chi connectivity index (χ2n) is 4.55. The highest BCUT2D eigenvalue weighted by atomic mass is 127. The van der Waals surface area contributed by atoms with E-state index in [4.69, 9.17) is 5.26 Å². The maximum absolute atomic E-state index is 12.1. The molecule has 2 heterocycles. The van der Waals surface area contributed by atoms with E-state index in [-0.39, 0.29) is 9.83 Å². The number of fused-ring (bicyclic) bond motifs is 3. The minimum Gasteiger partial charge on any atom is -0.299 e. The van der Waals surface area contributed by atoms with E-state index < -0.39 is 0 Å². The van der Waals surface area contributed by atoms with Crippen molar-refractivity contribution in [3.8, 4) is 6.07 Å². The molecule has 1 amide bonds. The fraction of sp³-hybridized carbons (Fsp3) is 0.417. The number of carbonyl (C=O) groups excluding carboxylic acids is 1. The molecule has 2 aliphatic rings. The smallest absolute Gasteiger partial charge is 0.241 e. The van der Waals surface area contributed by atoms with Crippen molar-refractivity contribution in [2.24, 2.45) is 5.92 Å². The van der Waals surface area contributed by atoms with Gasteiger partial charge in [-0.05, 0) is 29.9 Å². The number of hydrogen-bond donors (Lipinski definition) is 0. The molecule has 1 aromatic rings. The van der Waals surface area contributed by atoms with Crippen molar-refractivity contribution in [2.75, 3.05) is 11.9 Å². The van der Waals surface area contributed by atoms with Crippen LogP contribution in [0, 0.1) is 17.2 Å². The molecule has 1 aliphatic heterocycles. The van der Waals surface area contributed by atoms with Crippen molar-refractivity contribution in [1.29, 1.82) is 5.26 Å². The minimum absolute atomic E-state index is 0.0299. The summed E-state index contributed by atoms with van der Waals surface area (Å²) in [6.07, 6.45) is 2.57. The summed E-state index contributed by atoms with van der Waals surface area (Å²) in [6, 6.07) is 3.99. The number of rotatable bonds is 0. The van der Waals surface area contributed by atoms with Crippen LogP contribution in [-0.4, -0.2) is 21.9 Å². The Morgan fingerprint density at radius 2 is 2.41 bits per heavy atom. The van der Waals surface area contributed by atoms with Crippen molar-refractivity contribution in [3.05, 3.63) is 23.4 Å². The van der Waals surface area contributed by atoms with Crippen LogP contribution in [0.4, 0.5) is 5.82 Å². The van der Waals surface area contributed by atoms with Crippen LogP contribution >= 0.6 is 22.6 Å². The normalized spacial score (nSPS) is 30.1. The van der Waals surface area contributed by atoms with Gasteiger partial charge in [-0.1, -0.05) is 22.6 Å². The van der Waals surface area contributed by atoms with Crippen LogP contribution in [0.3, 0.4) is 0 Å². The molecule has 17 heavy (non-hydrogen) atoms. The summed E-state index contributed by atoms with van der Waals surface area (Å²) in [5.74, 6) is 1.67. The highest BCUT2D eigenvalue weighted by molar-refractivity contribution is 14.1. The van der Waals surface area contributed by atoms with Crippen molar-refractivity contribution in [2.45, 2.75) is 16.3 Å². The number of nitriles is 1. The number of aromatic nitrogens is 1. The van der Waals surface area contributed by atoms with E-state index in [1.807, 2.05) is 6.07 Å². The van der Waals surface area contributed by atoms with E-state index in [0.29, 0.717) is 17.4 Å². The monoisotopic (exact) mass is 339 g/mol. The molecule has 1 aromatic heterocycles. The van der Waals surface area contributed by atoms with Crippen LogP contribution in [0.25, 0.3) is 0 Å². The third kappa shape index (κ3) is 1.54. The lowest BCUT2D eigenvalue weighted by Gasteiger charge is -2.19. The van der Waals surface area contributed by atoms with E-state index >= 15 is 0 Å². The predicted molar refractivity (Wildman–Crippen MR) is 71.0 cm³/mol. The van der Waals surface area contributed by atoms with Crippen LogP contribution in [0.15, 0.2) is 12.3 Å². The average Bonchev–Trinajstić information content (AvgIpc) is 3.15. The third-order valence-corrected chi connectivity index (χ3v) is 4.98. The molecule has 1 saturated carbocycles. The quantitative estimate of drug-likeness (QED) is 0.535. The first-order valence-electron chi connectivity index (χ1n) is 5.45. The van der Waals surface area contributed by atoms with Crippen LogP contribution in [0.5, 0.6) is 0 Å². The number of carbonyl (C=O) groups is 1. The maximum atomic E-state index is 12.1. The fourth-order valence-corrected chi connectivity index (χ4v) is 3.67. The molecule has 0 bridgehead atoms. The van der Waals surface area contributed by atoms with Gasteiger partial charge in [-0.3, -0.25) is 9.69 Å². The topological polar surface area (TPSA) is 57.0 Å². The molecule has 1 aliphatic carbocycles.